The molecule has 0 aliphatic carbocycles. The van der Waals surface area contributed by atoms with Gasteiger partial charge in [-0.3, -0.25) is 4.99 Å². The fourth-order valence-electron chi connectivity index (χ4n) is 4.33. The molecule has 5 heteroatoms. The quantitative estimate of drug-likeness (QED) is 0.283. The van der Waals surface area contributed by atoms with E-state index in [4.69, 9.17) is 9.73 Å². The Labute approximate surface area is 208 Å². The van der Waals surface area contributed by atoms with Crippen molar-refractivity contribution in [3.8, 4) is 17.4 Å². The zero-order valence-corrected chi connectivity index (χ0v) is 19.6. The van der Waals surface area contributed by atoms with Crippen molar-refractivity contribution in [2.75, 3.05) is 0 Å². The van der Waals surface area contributed by atoms with E-state index >= 15 is 0 Å². The molecule has 6 rings (SSSR count). The van der Waals surface area contributed by atoms with Crippen molar-refractivity contribution in [3.63, 3.8) is 0 Å². The molecule has 0 radical (unpaired) electrons. The van der Waals surface area contributed by atoms with Gasteiger partial charge >= 0.3 is 0 Å². The van der Waals surface area contributed by atoms with Gasteiger partial charge in [0.1, 0.15) is 17.0 Å². The van der Waals surface area contributed by atoms with Crippen LogP contribution in [0.25, 0.3) is 10.9 Å². The number of aromatic nitrogens is 1. The number of phenols is 1. The number of thioether (sulfide) groups is 1. The number of benzene rings is 4. The van der Waals surface area contributed by atoms with Gasteiger partial charge in [0.05, 0.1) is 16.3 Å². The van der Waals surface area contributed by atoms with Crippen LogP contribution in [0, 0.1) is 0 Å². The van der Waals surface area contributed by atoms with Crippen LogP contribution >= 0.6 is 11.8 Å². The third-order valence-electron chi connectivity index (χ3n) is 6.03. The van der Waals surface area contributed by atoms with Crippen LogP contribution in [0.4, 0.5) is 0 Å². The monoisotopic (exact) mass is 474 g/mol. The fraction of sp³-hybridized carbons (Fsp3) is 0.0667. The maximum Gasteiger partial charge on any atom is 0.219 e. The Hall–Kier alpha value is -4.09. The number of aromatic hydroxyl groups is 1. The molecule has 4 nitrogen and oxygen atoms in total. The first-order valence-corrected chi connectivity index (χ1v) is 12.3. The first kappa shape index (κ1) is 21.4. The number of aliphatic imine (C=N–C) groups is 1. The maximum absolute atomic E-state index is 10.2. The lowest BCUT2D eigenvalue weighted by Crippen LogP contribution is -2.02. The second-order valence-corrected chi connectivity index (χ2v) is 9.50. The van der Waals surface area contributed by atoms with E-state index in [9.17, 15) is 5.11 Å². The van der Waals surface area contributed by atoms with Gasteiger partial charge in [-0.05, 0) is 35.4 Å². The number of pyridine rings is 1. The average molecular weight is 475 g/mol. The molecule has 1 aliphatic heterocycles. The summed E-state index contributed by atoms with van der Waals surface area (Å²) in [6, 6.07) is 38.0. The Morgan fingerprint density at radius 1 is 0.714 bits per heavy atom. The molecule has 0 saturated carbocycles. The molecule has 0 bridgehead atoms. The van der Waals surface area contributed by atoms with Crippen LogP contribution in [0.1, 0.15) is 28.0 Å². The average Bonchev–Trinajstić information content (AvgIpc) is 3.36. The van der Waals surface area contributed by atoms with E-state index in [1.54, 1.807) is 23.9 Å². The highest BCUT2D eigenvalue weighted by Gasteiger charge is 2.33. The first-order valence-electron chi connectivity index (χ1n) is 11.5. The Morgan fingerprint density at radius 2 is 1.46 bits per heavy atom. The molecule has 4 aromatic carbocycles. The summed E-state index contributed by atoms with van der Waals surface area (Å²) < 4.78 is 6.08. The minimum absolute atomic E-state index is 0.0355. The molecule has 0 saturated heterocycles. The van der Waals surface area contributed by atoms with Gasteiger partial charge in [-0.2, -0.15) is 0 Å². The maximum atomic E-state index is 10.2. The zero-order chi connectivity index (χ0) is 23.6. The Kier molecular flexibility index (Phi) is 5.68. The van der Waals surface area contributed by atoms with Crippen LogP contribution in [0.3, 0.4) is 0 Å². The number of ether oxygens (including phenoxy) is 1. The topological polar surface area (TPSA) is 54.7 Å². The van der Waals surface area contributed by atoms with E-state index in [-0.39, 0.29) is 17.0 Å². The highest BCUT2D eigenvalue weighted by atomic mass is 32.2. The van der Waals surface area contributed by atoms with Crippen LogP contribution in [-0.4, -0.2) is 15.1 Å². The van der Waals surface area contributed by atoms with E-state index in [1.807, 2.05) is 48.5 Å². The fourth-order valence-corrected chi connectivity index (χ4v) is 5.65. The molecule has 2 heterocycles. The molecule has 0 unspecified atom stereocenters. The summed E-state index contributed by atoms with van der Waals surface area (Å²) in [6.45, 7) is 0. The number of para-hydroxylation sites is 1. The van der Waals surface area contributed by atoms with Crippen molar-refractivity contribution >= 4 is 27.7 Å². The molecule has 0 spiro atoms. The molecule has 2 atom stereocenters. The molecule has 0 fully saturated rings. The summed E-state index contributed by atoms with van der Waals surface area (Å²) in [5, 5.41) is 12.2. The number of rotatable bonds is 5. The largest absolute Gasteiger partial charge is 0.506 e. The minimum Gasteiger partial charge on any atom is -0.506 e. The summed E-state index contributed by atoms with van der Waals surface area (Å²) >= 11 is 1.78. The van der Waals surface area contributed by atoms with Crippen molar-refractivity contribution in [1.29, 1.82) is 0 Å². The van der Waals surface area contributed by atoms with E-state index in [0.717, 1.165) is 16.0 Å². The lowest BCUT2D eigenvalue weighted by atomic mass is 9.99. The second kappa shape index (κ2) is 9.28. The van der Waals surface area contributed by atoms with Crippen molar-refractivity contribution in [2.24, 2.45) is 4.99 Å². The van der Waals surface area contributed by atoms with Crippen molar-refractivity contribution in [2.45, 2.75) is 11.3 Å². The predicted octanol–water partition coefficient (Wildman–Crippen LogP) is 7.71. The summed E-state index contributed by atoms with van der Waals surface area (Å²) in [7, 11) is 0. The molecule has 1 aliphatic rings. The lowest BCUT2D eigenvalue weighted by Gasteiger charge is -2.17. The van der Waals surface area contributed by atoms with Gasteiger partial charge in [0, 0.05) is 17.0 Å². The van der Waals surface area contributed by atoms with Crippen LogP contribution in [0.2, 0.25) is 0 Å². The molecular formula is C30H22N2O2S. The van der Waals surface area contributed by atoms with Crippen LogP contribution in [0.5, 0.6) is 17.4 Å². The summed E-state index contributed by atoms with van der Waals surface area (Å²) in [5.74, 6) is 1.24. The number of fused-ring (bicyclic) bond motifs is 1. The third-order valence-corrected chi connectivity index (χ3v) is 7.38. The number of nitrogens with zero attached hydrogens (tertiary/aromatic N) is 2. The van der Waals surface area contributed by atoms with E-state index < -0.39 is 0 Å². The van der Waals surface area contributed by atoms with E-state index in [2.05, 4.69) is 59.6 Å². The minimum atomic E-state index is 0.0355. The molecular weight excluding hydrogens is 452 g/mol. The van der Waals surface area contributed by atoms with Gasteiger partial charge in [0.2, 0.25) is 5.88 Å². The van der Waals surface area contributed by atoms with Crippen molar-refractivity contribution in [1.82, 2.24) is 4.98 Å². The lowest BCUT2D eigenvalue weighted by molar-refractivity contribution is 0.460. The summed E-state index contributed by atoms with van der Waals surface area (Å²) in [4.78, 5) is 9.66. The molecule has 0 amide bonds. The molecule has 1 aromatic heterocycles. The summed E-state index contributed by atoms with van der Waals surface area (Å²) in [5.41, 5.74) is 4.00. The molecule has 35 heavy (non-hydrogen) atoms. The van der Waals surface area contributed by atoms with Gasteiger partial charge in [-0.15, -0.1) is 0 Å². The molecule has 5 aromatic rings. The second-order valence-electron chi connectivity index (χ2n) is 8.37. The SMILES string of the molecule is Oc1cccc2ccc(Oc3cccc(C4=N[C@@H](c5ccccc5)[C@@H](c5ccccc5)S4)c3)nc12. The predicted molar refractivity (Wildman–Crippen MR) is 142 cm³/mol. The third kappa shape index (κ3) is 4.38. The Morgan fingerprint density at radius 3 is 2.26 bits per heavy atom. The number of hydrogen-bond acceptors (Lipinski definition) is 5. The van der Waals surface area contributed by atoms with Crippen molar-refractivity contribution < 1.29 is 9.84 Å². The van der Waals surface area contributed by atoms with Gasteiger partial charge in [0.25, 0.3) is 0 Å². The van der Waals surface area contributed by atoms with E-state index in [1.165, 1.54) is 11.1 Å². The van der Waals surface area contributed by atoms with Gasteiger partial charge in [0.15, 0.2) is 0 Å². The van der Waals surface area contributed by atoms with Crippen molar-refractivity contribution in [3.05, 3.63) is 132 Å². The van der Waals surface area contributed by atoms with Crippen LogP contribution < -0.4 is 4.74 Å². The highest BCUT2D eigenvalue weighted by Crippen LogP contribution is 2.49. The summed E-state index contributed by atoms with van der Waals surface area (Å²) in [6.07, 6.45) is 0. The number of hydrogen-bond donors (Lipinski definition) is 1. The van der Waals surface area contributed by atoms with Gasteiger partial charge in [-0.25, -0.2) is 4.98 Å². The standard InChI is InChI=1S/C30H22N2O2S/c33-25-16-8-13-21-17-18-26(31-27(21)25)34-24-15-7-14-23(19-24)30-32-28(20-9-3-1-4-10-20)29(35-30)22-11-5-2-6-12-22/h1-19,28-29,33H/t28-,29+/m0/s1. The van der Waals surface area contributed by atoms with E-state index in [0.29, 0.717) is 17.1 Å². The van der Waals surface area contributed by atoms with Gasteiger partial charge in [-0.1, -0.05) is 96.7 Å². The van der Waals surface area contributed by atoms with Crippen LogP contribution in [-0.2, 0) is 0 Å². The zero-order valence-electron chi connectivity index (χ0n) is 18.8. The highest BCUT2D eigenvalue weighted by molar-refractivity contribution is 8.14. The normalized spacial score (nSPS) is 17.3. The molecule has 170 valence electrons. The number of phenolic OH excluding ortho intramolecular Hbond substituents is 1. The Bertz CT molecular complexity index is 1520. The van der Waals surface area contributed by atoms with Crippen LogP contribution in [0.15, 0.2) is 120 Å². The first-order chi connectivity index (χ1) is 17.2. The molecule has 1 N–H and O–H groups in total. The van der Waals surface area contributed by atoms with Gasteiger partial charge < -0.3 is 9.84 Å². The Balaban J connectivity index is 1.32. The smallest absolute Gasteiger partial charge is 0.219 e.